The summed E-state index contributed by atoms with van der Waals surface area (Å²) in [6.07, 6.45) is -1.34. The Labute approximate surface area is 123 Å². The van der Waals surface area contributed by atoms with Crippen LogP contribution in [0, 0.1) is 0 Å². The molecule has 0 atom stereocenters. The van der Waals surface area contributed by atoms with E-state index in [1.165, 1.54) is 6.07 Å². The molecule has 1 aliphatic rings. The highest BCUT2D eigenvalue weighted by Gasteiger charge is 2.43. The summed E-state index contributed by atoms with van der Waals surface area (Å²) in [7, 11) is 0. The molecule has 0 aliphatic heterocycles. The molecule has 1 N–H and O–H groups in total. The summed E-state index contributed by atoms with van der Waals surface area (Å²) in [5, 5.41) is 9.53. The first-order valence-corrected chi connectivity index (χ1v) is 7.17. The molecule has 1 aromatic rings. The molecule has 0 unspecified atom stereocenters. The van der Waals surface area contributed by atoms with E-state index in [9.17, 15) is 23.1 Å². The lowest BCUT2D eigenvalue weighted by Gasteiger charge is -2.34. The molecule has 0 aromatic heterocycles. The molecule has 0 radical (unpaired) electrons. The monoisotopic (exact) mass is 350 g/mol. The molecule has 0 bridgehead atoms. The van der Waals surface area contributed by atoms with Crippen molar-refractivity contribution in [3.63, 3.8) is 0 Å². The lowest BCUT2D eigenvalue weighted by Crippen LogP contribution is -2.38. The van der Waals surface area contributed by atoms with Crippen molar-refractivity contribution in [3.05, 3.63) is 33.8 Å². The molecule has 1 fully saturated rings. The minimum Gasteiger partial charge on any atom is -0.481 e. The van der Waals surface area contributed by atoms with Crippen molar-refractivity contribution < 1.29 is 23.1 Å². The number of alkyl halides is 3. The lowest BCUT2D eigenvalue weighted by atomic mass is 9.69. The average Bonchev–Trinajstić information content (AvgIpc) is 2.37. The number of halogens is 4. The van der Waals surface area contributed by atoms with Crippen LogP contribution in [0.2, 0.25) is 0 Å². The van der Waals surface area contributed by atoms with Gasteiger partial charge in [-0.05, 0) is 36.6 Å². The molecule has 2 nitrogen and oxygen atoms in total. The maximum atomic E-state index is 12.9. The fourth-order valence-corrected chi connectivity index (χ4v) is 3.30. The van der Waals surface area contributed by atoms with E-state index < -0.39 is 23.1 Å². The van der Waals surface area contributed by atoms with E-state index in [-0.39, 0.29) is 10.0 Å². The molecule has 1 aliphatic carbocycles. The van der Waals surface area contributed by atoms with Gasteiger partial charge >= 0.3 is 12.1 Å². The van der Waals surface area contributed by atoms with Gasteiger partial charge in [0, 0.05) is 4.47 Å². The Morgan fingerprint density at radius 3 is 2.25 bits per heavy atom. The van der Waals surface area contributed by atoms with Crippen LogP contribution in [0.3, 0.4) is 0 Å². The summed E-state index contributed by atoms with van der Waals surface area (Å²) >= 11 is 3.05. The zero-order chi connectivity index (χ0) is 15.0. The zero-order valence-corrected chi connectivity index (χ0v) is 12.2. The fourth-order valence-electron chi connectivity index (χ4n) is 2.81. The van der Waals surface area contributed by atoms with Crippen molar-refractivity contribution in [1.82, 2.24) is 0 Å². The van der Waals surface area contributed by atoms with Crippen molar-refractivity contribution in [2.24, 2.45) is 0 Å². The van der Waals surface area contributed by atoms with Gasteiger partial charge in [0.1, 0.15) is 0 Å². The van der Waals surface area contributed by atoms with Gasteiger partial charge in [0.25, 0.3) is 0 Å². The van der Waals surface area contributed by atoms with Gasteiger partial charge in [-0.2, -0.15) is 13.2 Å². The van der Waals surface area contributed by atoms with Crippen LogP contribution < -0.4 is 0 Å². The first kappa shape index (κ1) is 15.4. The van der Waals surface area contributed by atoms with E-state index in [1.54, 1.807) is 0 Å². The molecule has 1 aromatic carbocycles. The van der Waals surface area contributed by atoms with E-state index in [2.05, 4.69) is 15.9 Å². The van der Waals surface area contributed by atoms with Crippen LogP contribution >= 0.6 is 15.9 Å². The maximum absolute atomic E-state index is 12.9. The number of aliphatic carboxylic acids is 1. The molecule has 20 heavy (non-hydrogen) atoms. The highest BCUT2D eigenvalue weighted by atomic mass is 79.9. The molecular weight excluding hydrogens is 337 g/mol. The van der Waals surface area contributed by atoms with Crippen molar-refractivity contribution in [1.29, 1.82) is 0 Å². The standard InChI is InChI=1S/C14H14BrF3O2/c15-11-7-9(6-10(8-11)14(16,17)18)13(12(19)20)4-2-1-3-5-13/h6-8H,1-5H2,(H,19,20). The Morgan fingerprint density at radius 2 is 1.75 bits per heavy atom. The topological polar surface area (TPSA) is 37.3 Å². The number of benzene rings is 1. The van der Waals surface area contributed by atoms with Crippen molar-refractivity contribution >= 4 is 21.9 Å². The third-order valence-electron chi connectivity index (χ3n) is 3.89. The van der Waals surface area contributed by atoms with E-state index in [0.29, 0.717) is 12.8 Å². The van der Waals surface area contributed by atoms with E-state index >= 15 is 0 Å². The molecule has 0 saturated heterocycles. The smallest absolute Gasteiger partial charge is 0.416 e. The van der Waals surface area contributed by atoms with E-state index in [0.717, 1.165) is 31.4 Å². The average molecular weight is 351 g/mol. The van der Waals surface area contributed by atoms with Gasteiger partial charge < -0.3 is 5.11 Å². The lowest BCUT2D eigenvalue weighted by molar-refractivity contribution is -0.145. The van der Waals surface area contributed by atoms with E-state index in [4.69, 9.17) is 0 Å². The van der Waals surface area contributed by atoms with Crippen LogP contribution in [0.1, 0.15) is 43.2 Å². The van der Waals surface area contributed by atoms with Crippen molar-refractivity contribution in [2.45, 2.75) is 43.7 Å². The van der Waals surface area contributed by atoms with Crippen molar-refractivity contribution in [3.8, 4) is 0 Å². The van der Waals surface area contributed by atoms with E-state index in [1.807, 2.05) is 0 Å². The van der Waals surface area contributed by atoms with Gasteiger partial charge in [0.05, 0.1) is 11.0 Å². The quantitative estimate of drug-likeness (QED) is 0.835. The molecule has 6 heteroatoms. The van der Waals surface area contributed by atoms with Gasteiger partial charge in [-0.25, -0.2) is 0 Å². The molecule has 0 heterocycles. The number of carboxylic acid groups (broad SMARTS) is 1. The third kappa shape index (κ3) is 2.85. The summed E-state index contributed by atoms with van der Waals surface area (Å²) in [4.78, 5) is 11.7. The third-order valence-corrected chi connectivity index (χ3v) is 4.35. The SMILES string of the molecule is O=C(O)C1(c2cc(Br)cc(C(F)(F)F)c2)CCCCC1. The predicted molar refractivity (Wildman–Crippen MR) is 71.5 cm³/mol. The number of rotatable bonds is 2. The highest BCUT2D eigenvalue weighted by Crippen LogP contribution is 2.42. The first-order valence-electron chi connectivity index (χ1n) is 6.37. The van der Waals surface area contributed by atoms with Crippen molar-refractivity contribution in [2.75, 3.05) is 0 Å². The van der Waals surface area contributed by atoms with Gasteiger partial charge in [0.15, 0.2) is 0 Å². The van der Waals surface area contributed by atoms with Gasteiger partial charge in [-0.15, -0.1) is 0 Å². The van der Waals surface area contributed by atoms with Crippen LogP contribution in [0.4, 0.5) is 13.2 Å². The minimum absolute atomic E-state index is 0.242. The van der Waals surface area contributed by atoms with Gasteiger partial charge in [0.2, 0.25) is 0 Å². The molecule has 0 spiro atoms. The van der Waals surface area contributed by atoms with Crippen LogP contribution in [-0.2, 0) is 16.4 Å². The largest absolute Gasteiger partial charge is 0.481 e. The normalized spacial score (nSPS) is 18.8. The highest BCUT2D eigenvalue weighted by molar-refractivity contribution is 9.10. The molecule has 0 amide bonds. The number of carboxylic acids is 1. The zero-order valence-electron chi connectivity index (χ0n) is 10.6. The Balaban J connectivity index is 2.54. The van der Waals surface area contributed by atoms with Crippen LogP contribution in [0.25, 0.3) is 0 Å². The van der Waals surface area contributed by atoms with Crippen LogP contribution in [-0.4, -0.2) is 11.1 Å². The molecule has 1 saturated carbocycles. The summed E-state index contributed by atoms with van der Waals surface area (Å²) in [5.74, 6) is -1.04. The minimum atomic E-state index is -4.48. The number of carbonyl (C=O) groups is 1. The molecule has 110 valence electrons. The van der Waals surface area contributed by atoms with Gasteiger partial charge in [-0.3, -0.25) is 4.79 Å². The Morgan fingerprint density at radius 1 is 1.15 bits per heavy atom. The Hall–Kier alpha value is -1.04. The Bertz CT molecular complexity index is 520. The second-order valence-corrected chi connectivity index (χ2v) is 6.09. The molecule has 2 rings (SSSR count). The summed E-state index contributed by atoms with van der Waals surface area (Å²) in [6.45, 7) is 0. The maximum Gasteiger partial charge on any atom is 0.416 e. The molecular formula is C14H14BrF3O2. The summed E-state index contributed by atoms with van der Waals surface area (Å²) in [5.41, 5.74) is -1.76. The first-order chi connectivity index (χ1) is 9.25. The second kappa shape index (κ2) is 5.39. The fraction of sp³-hybridized carbons (Fsp3) is 0.500. The number of hydrogen-bond donors (Lipinski definition) is 1. The Kier molecular flexibility index (Phi) is 4.14. The number of hydrogen-bond acceptors (Lipinski definition) is 1. The summed E-state index contributed by atoms with van der Waals surface area (Å²) < 4.78 is 38.9. The van der Waals surface area contributed by atoms with Crippen LogP contribution in [0.15, 0.2) is 22.7 Å². The summed E-state index contributed by atoms with van der Waals surface area (Å²) in [6, 6.07) is 3.45. The van der Waals surface area contributed by atoms with Crippen LogP contribution in [0.5, 0.6) is 0 Å². The predicted octanol–water partition coefficient (Wildman–Crippen LogP) is 4.75. The second-order valence-electron chi connectivity index (χ2n) is 5.17. The van der Waals surface area contributed by atoms with Gasteiger partial charge in [-0.1, -0.05) is 35.2 Å².